The highest BCUT2D eigenvalue weighted by Gasteiger charge is 2.33. The number of fused-ring (bicyclic) bond motifs is 1. The second-order valence-electron chi connectivity index (χ2n) is 7.07. The van der Waals surface area contributed by atoms with Gasteiger partial charge in [-0.25, -0.2) is 4.98 Å². The van der Waals surface area contributed by atoms with Crippen LogP contribution in [0, 0.1) is 0 Å². The first kappa shape index (κ1) is 22.0. The third kappa shape index (κ3) is 5.25. The first-order valence-electron chi connectivity index (χ1n) is 8.73. The number of carbonyl (C=O) groups excluding carboxylic acids is 1. The first-order valence-corrected chi connectivity index (χ1v) is 9.52. The standard InChI is InChI=1S/C20H17BrF3N3O3/c1-19(2,29)17(11-3-6-13(7-4-11)30-20(22,23)24)27-18(28)15-8-5-12-9-25-10-14(21)16(12)26-15/h3-10,17,29H,1-2H3,(H,27,28)/t17-/m0/s1. The number of ether oxygens (including phenoxy) is 1. The molecule has 2 aromatic heterocycles. The molecule has 0 bridgehead atoms. The van der Waals surface area contributed by atoms with Crippen LogP contribution in [0.3, 0.4) is 0 Å². The van der Waals surface area contributed by atoms with Crippen molar-refractivity contribution in [1.82, 2.24) is 15.3 Å². The molecule has 0 aliphatic carbocycles. The maximum Gasteiger partial charge on any atom is 0.573 e. The van der Waals surface area contributed by atoms with E-state index in [0.717, 1.165) is 17.5 Å². The number of alkyl halides is 3. The van der Waals surface area contributed by atoms with Crippen molar-refractivity contribution in [2.75, 3.05) is 0 Å². The molecule has 3 aromatic rings. The van der Waals surface area contributed by atoms with Crippen molar-refractivity contribution in [3.05, 3.63) is 64.5 Å². The van der Waals surface area contributed by atoms with Crippen molar-refractivity contribution in [3.63, 3.8) is 0 Å². The molecule has 0 saturated heterocycles. The Morgan fingerprint density at radius 2 is 1.80 bits per heavy atom. The highest BCUT2D eigenvalue weighted by molar-refractivity contribution is 9.10. The van der Waals surface area contributed by atoms with Crippen molar-refractivity contribution in [1.29, 1.82) is 0 Å². The monoisotopic (exact) mass is 483 g/mol. The summed E-state index contributed by atoms with van der Waals surface area (Å²) >= 11 is 3.34. The molecule has 0 aliphatic rings. The number of carbonyl (C=O) groups is 1. The number of nitrogens with one attached hydrogen (secondary N) is 1. The zero-order valence-electron chi connectivity index (χ0n) is 15.9. The number of hydrogen-bond donors (Lipinski definition) is 2. The van der Waals surface area contributed by atoms with Crippen LogP contribution in [0.2, 0.25) is 0 Å². The van der Waals surface area contributed by atoms with Crippen LogP contribution >= 0.6 is 15.9 Å². The van der Waals surface area contributed by atoms with E-state index >= 15 is 0 Å². The SMILES string of the molecule is CC(C)(O)[C@@H](NC(=O)c1ccc2cncc(Br)c2n1)c1ccc(OC(F)(F)F)cc1. The van der Waals surface area contributed by atoms with Gasteiger partial charge in [0.1, 0.15) is 11.4 Å². The smallest absolute Gasteiger partial charge is 0.406 e. The molecule has 0 unspecified atom stereocenters. The Hall–Kier alpha value is -2.72. The summed E-state index contributed by atoms with van der Waals surface area (Å²) in [5.41, 5.74) is -0.355. The summed E-state index contributed by atoms with van der Waals surface area (Å²) < 4.78 is 41.5. The summed E-state index contributed by atoms with van der Waals surface area (Å²) in [6.07, 6.45) is -1.64. The Kier molecular flexibility index (Phi) is 6.00. The fourth-order valence-corrected chi connectivity index (χ4v) is 3.31. The predicted octanol–water partition coefficient (Wildman–Crippen LogP) is 4.53. The van der Waals surface area contributed by atoms with Crippen LogP contribution in [-0.4, -0.2) is 32.9 Å². The summed E-state index contributed by atoms with van der Waals surface area (Å²) in [5.74, 6) is -0.954. The Morgan fingerprint density at radius 1 is 1.13 bits per heavy atom. The van der Waals surface area contributed by atoms with Gasteiger partial charge in [0.15, 0.2) is 0 Å². The molecule has 1 amide bonds. The molecule has 0 radical (unpaired) electrons. The molecule has 2 heterocycles. The number of amides is 1. The fourth-order valence-electron chi connectivity index (χ4n) is 2.87. The Balaban J connectivity index is 1.87. The molecule has 1 aromatic carbocycles. The van der Waals surface area contributed by atoms with Crippen molar-refractivity contribution in [2.24, 2.45) is 0 Å². The summed E-state index contributed by atoms with van der Waals surface area (Å²) in [7, 11) is 0. The molecule has 0 spiro atoms. The second-order valence-corrected chi connectivity index (χ2v) is 7.92. The van der Waals surface area contributed by atoms with E-state index in [-0.39, 0.29) is 5.69 Å². The average molecular weight is 484 g/mol. The number of halogens is 4. The van der Waals surface area contributed by atoms with Crippen molar-refractivity contribution in [3.8, 4) is 5.75 Å². The van der Waals surface area contributed by atoms with Gasteiger partial charge < -0.3 is 15.2 Å². The molecule has 0 saturated carbocycles. The summed E-state index contributed by atoms with van der Waals surface area (Å²) in [4.78, 5) is 21.2. The number of pyridine rings is 2. The number of benzene rings is 1. The summed E-state index contributed by atoms with van der Waals surface area (Å²) in [6.45, 7) is 2.96. The Bertz CT molecular complexity index is 1070. The lowest BCUT2D eigenvalue weighted by molar-refractivity contribution is -0.274. The quantitative estimate of drug-likeness (QED) is 0.556. The predicted molar refractivity (Wildman–Crippen MR) is 107 cm³/mol. The molecule has 1 atom stereocenters. The number of nitrogens with zero attached hydrogens (tertiary/aromatic N) is 2. The fraction of sp³-hybridized carbons (Fsp3) is 0.250. The Labute approximate surface area is 178 Å². The van der Waals surface area contributed by atoms with Crippen LogP contribution in [0.5, 0.6) is 5.75 Å². The Morgan fingerprint density at radius 3 is 2.40 bits per heavy atom. The minimum atomic E-state index is -4.81. The van der Waals surface area contributed by atoms with Crippen molar-refractivity contribution < 1.29 is 27.8 Å². The van der Waals surface area contributed by atoms with Gasteiger partial charge in [-0.05, 0) is 59.6 Å². The van der Waals surface area contributed by atoms with E-state index in [4.69, 9.17) is 0 Å². The van der Waals surface area contributed by atoms with E-state index in [1.807, 2.05) is 0 Å². The average Bonchev–Trinajstić information content (AvgIpc) is 2.65. The largest absolute Gasteiger partial charge is 0.573 e. The van der Waals surface area contributed by atoms with Crippen molar-refractivity contribution in [2.45, 2.75) is 31.9 Å². The van der Waals surface area contributed by atoms with Gasteiger partial charge in [-0.3, -0.25) is 9.78 Å². The molecule has 2 N–H and O–H groups in total. The molecule has 0 fully saturated rings. The van der Waals surface area contributed by atoms with E-state index < -0.39 is 29.7 Å². The number of aromatic nitrogens is 2. The van der Waals surface area contributed by atoms with E-state index in [1.165, 1.54) is 32.0 Å². The third-order valence-electron chi connectivity index (χ3n) is 4.22. The van der Waals surface area contributed by atoms with Gasteiger partial charge in [0, 0.05) is 17.8 Å². The lowest BCUT2D eigenvalue weighted by atomic mass is 9.91. The van der Waals surface area contributed by atoms with Crippen LogP contribution in [0.25, 0.3) is 10.9 Å². The molecule has 6 nitrogen and oxygen atoms in total. The number of rotatable bonds is 5. The summed E-state index contributed by atoms with van der Waals surface area (Å²) in [6, 6.07) is 7.23. The van der Waals surface area contributed by atoms with E-state index in [2.05, 4.69) is 36.0 Å². The topological polar surface area (TPSA) is 84.3 Å². The third-order valence-corrected chi connectivity index (χ3v) is 4.80. The molecule has 158 valence electrons. The number of hydrogen-bond acceptors (Lipinski definition) is 5. The molecule has 10 heteroatoms. The highest BCUT2D eigenvalue weighted by Crippen LogP contribution is 2.29. The van der Waals surface area contributed by atoms with Gasteiger partial charge in [0.05, 0.1) is 21.6 Å². The zero-order valence-corrected chi connectivity index (χ0v) is 17.5. The van der Waals surface area contributed by atoms with Gasteiger partial charge in [-0.2, -0.15) is 0 Å². The van der Waals surface area contributed by atoms with E-state index in [1.54, 1.807) is 18.5 Å². The number of aliphatic hydroxyl groups is 1. The van der Waals surface area contributed by atoms with Gasteiger partial charge in [-0.15, -0.1) is 13.2 Å². The maximum atomic E-state index is 12.8. The van der Waals surface area contributed by atoms with Crippen molar-refractivity contribution >= 4 is 32.7 Å². The minimum Gasteiger partial charge on any atom is -0.406 e. The second kappa shape index (κ2) is 8.19. The van der Waals surface area contributed by atoms with Gasteiger partial charge in [0.25, 0.3) is 5.91 Å². The first-order chi connectivity index (χ1) is 13.9. The van der Waals surface area contributed by atoms with E-state index in [9.17, 15) is 23.1 Å². The highest BCUT2D eigenvalue weighted by atomic mass is 79.9. The van der Waals surface area contributed by atoms with Crippen LogP contribution in [0.1, 0.15) is 35.9 Å². The lowest BCUT2D eigenvalue weighted by Gasteiger charge is -2.30. The van der Waals surface area contributed by atoms with Crippen LogP contribution in [-0.2, 0) is 0 Å². The van der Waals surface area contributed by atoms with Gasteiger partial charge in [-0.1, -0.05) is 12.1 Å². The normalized spacial score (nSPS) is 13.2. The molecule has 3 rings (SSSR count). The van der Waals surface area contributed by atoms with Crippen LogP contribution < -0.4 is 10.1 Å². The van der Waals surface area contributed by atoms with Gasteiger partial charge in [0.2, 0.25) is 0 Å². The zero-order chi connectivity index (χ0) is 22.1. The maximum absolute atomic E-state index is 12.8. The minimum absolute atomic E-state index is 0.112. The summed E-state index contributed by atoms with van der Waals surface area (Å²) in [5, 5.41) is 14.0. The molecular weight excluding hydrogens is 467 g/mol. The van der Waals surface area contributed by atoms with E-state index in [0.29, 0.717) is 15.6 Å². The van der Waals surface area contributed by atoms with Crippen LogP contribution in [0.4, 0.5) is 13.2 Å². The van der Waals surface area contributed by atoms with Crippen LogP contribution in [0.15, 0.2) is 53.3 Å². The molecule has 0 aliphatic heterocycles. The lowest BCUT2D eigenvalue weighted by Crippen LogP contribution is -2.42. The van der Waals surface area contributed by atoms with Gasteiger partial charge >= 0.3 is 6.36 Å². The molecular formula is C20H17BrF3N3O3. The molecule has 30 heavy (non-hydrogen) atoms.